The lowest BCUT2D eigenvalue weighted by Crippen LogP contribution is -2.45. The van der Waals surface area contributed by atoms with Gasteiger partial charge in [-0.25, -0.2) is 9.78 Å². The van der Waals surface area contributed by atoms with Crippen LogP contribution in [0.3, 0.4) is 0 Å². The molecule has 3 aromatic heterocycles. The van der Waals surface area contributed by atoms with Crippen LogP contribution in [0.25, 0.3) is 17.0 Å². The molecule has 3 rings (SSSR count). The molecule has 1 amide bonds. The maximum Gasteiger partial charge on any atom is 0.410 e. The summed E-state index contributed by atoms with van der Waals surface area (Å²) in [7, 11) is 0. The van der Waals surface area contributed by atoms with Crippen molar-refractivity contribution in [3.05, 3.63) is 52.8 Å². The number of amides is 1. The van der Waals surface area contributed by atoms with Gasteiger partial charge in [0, 0.05) is 36.9 Å². The van der Waals surface area contributed by atoms with Gasteiger partial charge < -0.3 is 19.0 Å². The smallest absolute Gasteiger partial charge is 0.410 e. The predicted molar refractivity (Wildman–Crippen MR) is 106 cm³/mol. The fourth-order valence-corrected chi connectivity index (χ4v) is 3.08. The third-order valence-electron chi connectivity index (χ3n) is 4.54. The lowest BCUT2D eigenvalue weighted by molar-refractivity contribution is 0.0446. The Morgan fingerprint density at radius 2 is 2.07 bits per heavy atom. The van der Waals surface area contributed by atoms with E-state index in [2.05, 4.69) is 15.0 Å². The Balaban J connectivity index is 1.86. The van der Waals surface area contributed by atoms with Gasteiger partial charge in [-0.1, -0.05) is 0 Å². The average molecular weight is 383 g/mol. The maximum atomic E-state index is 12.6. The molecule has 0 aliphatic rings. The second-order valence-corrected chi connectivity index (χ2v) is 7.57. The van der Waals surface area contributed by atoms with Crippen molar-refractivity contribution in [1.29, 1.82) is 0 Å². The number of imidazole rings is 1. The molecule has 3 aromatic rings. The van der Waals surface area contributed by atoms with Crippen LogP contribution in [0.5, 0.6) is 0 Å². The van der Waals surface area contributed by atoms with E-state index in [1.165, 1.54) is 0 Å². The van der Waals surface area contributed by atoms with Gasteiger partial charge in [0.05, 0.1) is 11.4 Å². The summed E-state index contributed by atoms with van der Waals surface area (Å²) in [5.74, 6) is 0. The minimum absolute atomic E-state index is 0.294. The van der Waals surface area contributed by atoms with Crippen molar-refractivity contribution in [2.75, 3.05) is 6.54 Å². The number of rotatable bonds is 4. The van der Waals surface area contributed by atoms with Crippen molar-refractivity contribution in [3.63, 3.8) is 0 Å². The van der Waals surface area contributed by atoms with Crippen LogP contribution in [0.1, 0.15) is 46.3 Å². The topological polar surface area (TPSA) is 92.6 Å². The number of hydrogen-bond acceptors (Lipinski definition) is 5. The highest BCUT2D eigenvalue weighted by Crippen LogP contribution is 2.24. The highest BCUT2D eigenvalue weighted by Gasteiger charge is 2.27. The number of carbonyl (C=O) groups excluding carboxylic acids is 1. The number of nitrogens with one attached hydrogen (secondary N) is 1. The number of hydrogen-bond donors (Lipinski definition) is 1. The molecule has 0 aliphatic heterocycles. The summed E-state index contributed by atoms with van der Waals surface area (Å²) in [4.78, 5) is 37.5. The molecule has 0 fully saturated rings. The molecule has 0 bridgehead atoms. The number of aromatic amines is 1. The zero-order valence-corrected chi connectivity index (χ0v) is 16.8. The van der Waals surface area contributed by atoms with Crippen LogP contribution in [0, 0.1) is 0 Å². The van der Waals surface area contributed by atoms with Crippen molar-refractivity contribution < 1.29 is 9.53 Å². The second-order valence-electron chi connectivity index (χ2n) is 7.57. The molecule has 8 nitrogen and oxygen atoms in total. The Hall–Kier alpha value is -3.16. The zero-order valence-electron chi connectivity index (χ0n) is 16.8. The first-order chi connectivity index (χ1) is 13.2. The van der Waals surface area contributed by atoms with Gasteiger partial charge >= 0.3 is 6.09 Å². The third kappa shape index (κ3) is 3.90. The molecule has 3 heterocycles. The molecule has 0 radical (unpaired) electrons. The fraction of sp³-hybridized carbons (Fsp3) is 0.400. The molecule has 0 saturated carbocycles. The Bertz CT molecular complexity index is 1050. The summed E-state index contributed by atoms with van der Waals surface area (Å²) in [5.41, 5.74) is 1.63. The molecule has 1 N–H and O–H groups in total. The van der Waals surface area contributed by atoms with Gasteiger partial charge in [0.2, 0.25) is 5.65 Å². The molecule has 1 atom stereocenters. The first-order valence-electron chi connectivity index (χ1n) is 9.21. The third-order valence-corrected chi connectivity index (χ3v) is 4.54. The normalized spacial score (nSPS) is 12.8. The Labute approximate surface area is 163 Å². The zero-order chi connectivity index (χ0) is 20.5. The molecular formula is C20H25N5O3. The number of nitrogens with zero attached hydrogens (tertiary/aromatic N) is 4. The SMILES string of the molecule is CCN(C(=O)OC(C)c1ccnc(-c2cn3ccnc3c(=O)[nH]2)c1)C(C)(C)C. The molecule has 28 heavy (non-hydrogen) atoms. The van der Waals surface area contributed by atoms with Crippen LogP contribution in [0.15, 0.2) is 41.7 Å². The lowest BCUT2D eigenvalue weighted by atomic mass is 10.1. The van der Waals surface area contributed by atoms with Crippen LogP contribution in [-0.4, -0.2) is 42.4 Å². The number of fused-ring (bicyclic) bond motifs is 1. The van der Waals surface area contributed by atoms with E-state index >= 15 is 0 Å². The summed E-state index contributed by atoms with van der Waals surface area (Å²) in [6, 6.07) is 3.60. The molecular weight excluding hydrogens is 358 g/mol. The van der Waals surface area contributed by atoms with Crippen molar-refractivity contribution in [1.82, 2.24) is 24.3 Å². The van der Waals surface area contributed by atoms with Crippen LogP contribution in [-0.2, 0) is 4.74 Å². The van der Waals surface area contributed by atoms with E-state index in [4.69, 9.17) is 4.74 Å². The summed E-state index contributed by atoms with van der Waals surface area (Å²) in [6.45, 7) is 10.2. The van der Waals surface area contributed by atoms with E-state index in [0.717, 1.165) is 5.56 Å². The van der Waals surface area contributed by atoms with E-state index in [0.29, 0.717) is 23.6 Å². The lowest BCUT2D eigenvalue weighted by Gasteiger charge is -2.34. The van der Waals surface area contributed by atoms with Gasteiger partial charge in [-0.2, -0.15) is 0 Å². The van der Waals surface area contributed by atoms with E-state index in [1.54, 1.807) is 46.2 Å². The molecule has 148 valence electrons. The second kappa shape index (κ2) is 7.46. The van der Waals surface area contributed by atoms with Crippen molar-refractivity contribution in [3.8, 4) is 11.4 Å². The predicted octanol–water partition coefficient (Wildman–Crippen LogP) is 3.40. The van der Waals surface area contributed by atoms with Gasteiger partial charge in [0.25, 0.3) is 5.56 Å². The van der Waals surface area contributed by atoms with E-state index < -0.39 is 6.10 Å². The summed E-state index contributed by atoms with van der Waals surface area (Å²) < 4.78 is 7.31. The first-order valence-corrected chi connectivity index (χ1v) is 9.21. The Kier molecular flexibility index (Phi) is 5.22. The number of H-pyrrole nitrogens is 1. The molecule has 0 aliphatic carbocycles. The van der Waals surface area contributed by atoms with Crippen molar-refractivity contribution in [2.24, 2.45) is 0 Å². The van der Waals surface area contributed by atoms with E-state index in [9.17, 15) is 9.59 Å². The first kappa shape index (κ1) is 19.6. The number of pyridine rings is 1. The maximum absolute atomic E-state index is 12.6. The van der Waals surface area contributed by atoms with Crippen molar-refractivity contribution in [2.45, 2.75) is 46.3 Å². The van der Waals surface area contributed by atoms with Crippen molar-refractivity contribution >= 4 is 11.7 Å². The molecule has 1 unspecified atom stereocenters. The van der Waals surface area contributed by atoms with Crippen LogP contribution in [0.4, 0.5) is 4.79 Å². The number of aromatic nitrogens is 4. The Morgan fingerprint density at radius 1 is 1.32 bits per heavy atom. The summed E-state index contributed by atoms with van der Waals surface area (Å²) in [5, 5.41) is 0. The van der Waals surface area contributed by atoms with Gasteiger partial charge in [0.15, 0.2) is 0 Å². The highest BCUT2D eigenvalue weighted by atomic mass is 16.6. The van der Waals surface area contributed by atoms with Gasteiger partial charge in [0.1, 0.15) is 6.10 Å². The molecule has 0 aromatic carbocycles. The number of ether oxygens (including phenoxy) is 1. The summed E-state index contributed by atoms with van der Waals surface area (Å²) in [6.07, 6.45) is 5.82. The highest BCUT2D eigenvalue weighted by molar-refractivity contribution is 5.69. The van der Waals surface area contributed by atoms with Gasteiger partial charge in [-0.3, -0.25) is 9.78 Å². The van der Waals surface area contributed by atoms with Crippen LogP contribution in [0.2, 0.25) is 0 Å². The minimum Gasteiger partial charge on any atom is -0.441 e. The van der Waals surface area contributed by atoms with Crippen LogP contribution < -0.4 is 5.56 Å². The number of carbonyl (C=O) groups is 1. The standard InChI is InChI=1S/C20H25N5O3/c1-6-25(20(3,4)5)19(27)28-13(2)14-7-8-21-15(11-14)16-12-24-10-9-22-17(24)18(26)23-16/h7-13H,6H2,1-5H3,(H,23,26). The fourth-order valence-electron chi connectivity index (χ4n) is 3.08. The molecule has 8 heteroatoms. The van der Waals surface area contributed by atoms with E-state index in [-0.39, 0.29) is 17.2 Å². The molecule has 0 saturated heterocycles. The molecule has 0 spiro atoms. The van der Waals surface area contributed by atoms with Gasteiger partial charge in [-0.15, -0.1) is 0 Å². The monoisotopic (exact) mass is 383 g/mol. The summed E-state index contributed by atoms with van der Waals surface area (Å²) >= 11 is 0. The van der Waals surface area contributed by atoms with Gasteiger partial charge in [-0.05, 0) is 52.3 Å². The Morgan fingerprint density at radius 3 is 2.75 bits per heavy atom. The largest absolute Gasteiger partial charge is 0.441 e. The van der Waals surface area contributed by atoms with E-state index in [1.807, 2.05) is 34.6 Å². The quantitative estimate of drug-likeness (QED) is 0.745. The van der Waals surface area contributed by atoms with Crippen LogP contribution >= 0.6 is 0 Å². The minimum atomic E-state index is -0.464. The average Bonchev–Trinajstić information content (AvgIpc) is 3.10.